The number of aromatic nitrogens is 4. The summed E-state index contributed by atoms with van der Waals surface area (Å²) < 4.78 is 13.4. The van der Waals surface area contributed by atoms with Gasteiger partial charge in [-0.3, -0.25) is 4.79 Å². The molecule has 0 fully saturated rings. The Labute approximate surface area is 142 Å². The molecular weight excluding hydrogens is 311 g/mol. The Morgan fingerprint density at radius 3 is 3.08 bits per heavy atom. The Hall–Kier alpha value is -3.03. The van der Waals surface area contributed by atoms with Gasteiger partial charge in [-0.05, 0) is 26.0 Å². The predicted octanol–water partition coefficient (Wildman–Crippen LogP) is 2.83. The van der Waals surface area contributed by atoms with Gasteiger partial charge in [-0.15, -0.1) is 0 Å². The highest BCUT2D eigenvalue weighted by Crippen LogP contribution is 2.26. The molecule has 3 aromatic heterocycles. The van der Waals surface area contributed by atoms with Gasteiger partial charge < -0.3 is 15.6 Å². The lowest BCUT2D eigenvalue weighted by molar-refractivity contribution is -0.121. The zero-order valence-corrected chi connectivity index (χ0v) is 13.3. The van der Waals surface area contributed by atoms with Crippen LogP contribution in [0.4, 0.5) is 10.2 Å². The Bertz CT molecular complexity index is 891. The number of rotatable bonds is 5. The average Bonchev–Trinajstić information content (AvgIpc) is 2.98. The lowest BCUT2D eigenvalue weighted by atomic mass is 10.2. The number of nitrogens with zero attached hydrogens (tertiary/aromatic N) is 3. The number of pyridine rings is 1. The van der Waals surface area contributed by atoms with E-state index in [2.05, 4.69) is 30.6 Å². The van der Waals surface area contributed by atoms with Crippen molar-refractivity contribution in [3.8, 4) is 11.4 Å². The molecule has 0 radical (unpaired) electrons. The first-order valence-electron chi connectivity index (χ1n) is 7.58. The van der Waals surface area contributed by atoms with Gasteiger partial charge in [0.1, 0.15) is 23.3 Å². The Kier molecular flexibility index (Phi) is 4.37. The van der Waals surface area contributed by atoms with Gasteiger partial charge in [0.15, 0.2) is 5.82 Å². The highest BCUT2D eigenvalue weighted by Gasteiger charge is 2.14. The zero-order valence-electron chi connectivity index (χ0n) is 13.3. The van der Waals surface area contributed by atoms with E-state index < -0.39 is 11.9 Å². The van der Waals surface area contributed by atoms with E-state index in [1.807, 2.05) is 6.92 Å². The first-order chi connectivity index (χ1) is 11.6. The fraction of sp³-hybridized carbons (Fsp3) is 0.250. The number of likely N-dealkylation sites (N-methyl/N-ethyl adjacent to an activating group) is 1. The molecule has 0 saturated heterocycles. The second kappa shape index (κ2) is 6.61. The topological polar surface area (TPSA) is 95.6 Å². The summed E-state index contributed by atoms with van der Waals surface area (Å²) >= 11 is 0. The molecule has 0 spiro atoms. The fourth-order valence-corrected chi connectivity index (χ4v) is 2.35. The molecule has 0 bridgehead atoms. The van der Waals surface area contributed by atoms with E-state index in [1.165, 1.54) is 6.07 Å². The molecule has 8 heteroatoms. The van der Waals surface area contributed by atoms with Crippen LogP contribution in [0.15, 0.2) is 30.7 Å². The molecule has 1 amide bonds. The number of carbonyl (C=O) groups excluding carboxylic acids is 1. The van der Waals surface area contributed by atoms with Crippen molar-refractivity contribution in [2.75, 3.05) is 11.9 Å². The average molecular weight is 334 g/mol. The van der Waals surface area contributed by atoms with E-state index in [9.17, 15) is 9.18 Å². The van der Waals surface area contributed by atoms with Crippen LogP contribution in [0.1, 0.15) is 18.1 Å². The van der Waals surface area contributed by atoms with Gasteiger partial charge in [0.05, 0.1) is 6.20 Å². The maximum absolute atomic E-state index is 13.4. The number of halogens is 1. The number of aromatic amines is 1. The second-order valence-electron chi connectivity index (χ2n) is 5.28. The summed E-state index contributed by atoms with van der Waals surface area (Å²) in [5.41, 5.74) is 1.20. The lowest BCUT2D eigenvalue weighted by Gasteiger charge is -2.14. The number of fused-ring (bicyclic) bond motifs is 1. The number of H-pyrrole nitrogens is 1. The smallest absolute Gasteiger partial charge is 0.242 e. The van der Waals surface area contributed by atoms with Gasteiger partial charge >= 0.3 is 0 Å². The maximum Gasteiger partial charge on any atom is 0.242 e. The van der Waals surface area contributed by atoms with Crippen LogP contribution in [0.2, 0.25) is 0 Å². The third-order valence-electron chi connectivity index (χ3n) is 3.50. The van der Waals surface area contributed by atoms with Gasteiger partial charge in [0, 0.05) is 34.2 Å². The Morgan fingerprint density at radius 2 is 2.29 bits per heavy atom. The van der Waals surface area contributed by atoms with Gasteiger partial charge in [0.2, 0.25) is 5.91 Å². The molecule has 3 heterocycles. The van der Waals surface area contributed by atoms with Crippen LogP contribution in [-0.2, 0) is 4.79 Å². The number of hydrogen-bond acceptors (Lipinski definition) is 5. The van der Waals surface area contributed by atoms with Crippen LogP contribution in [0.5, 0.6) is 0 Å². The Balaban J connectivity index is 0.00000225. The summed E-state index contributed by atoms with van der Waals surface area (Å²) in [5, 5.41) is 6.36. The Morgan fingerprint density at radius 1 is 1.46 bits per heavy atom. The standard InChI is InChI=1S/C16H17FN6O.3H2/c1-3-18-16(24)9(2)22-13-4-5-19-15(23-13)12-8-21-14-11(12)6-10(17)7-20-14;;;/h4-9H,3H2,1-2H3,(H,18,24)(H,20,21)(H,19,22,23);3*1H/t9-;;;/m1.../s1. The van der Waals surface area contributed by atoms with Crippen molar-refractivity contribution in [2.45, 2.75) is 19.9 Å². The van der Waals surface area contributed by atoms with Gasteiger partial charge in [-0.25, -0.2) is 19.3 Å². The molecule has 0 aromatic carbocycles. The SMILES string of the molecule is CCNC(=O)[C@@H](C)Nc1ccnc(-c2c[nH]c3ncc(F)cc23)n1.[HH].[HH].[HH]. The predicted molar refractivity (Wildman–Crippen MR) is 95.2 cm³/mol. The number of amides is 1. The van der Waals surface area contributed by atoms with E-state index >= 15 is 0 Å². The number of nitrogens with one attached hydrogen (secondary N) is 3. The van der Waals surface area contributed by atoms with E-state index in [0.29, 0.717) is 34.8 Å². The number of hydrogen-bond donors (Lipinski definition) is 3. The maximum atomic E-state index is 13.4. The molecule has 0 aliphatic rings. The van der Waals surface area contributed by atoms with Crippen LogP contribution >= 0.6 is 0 Å². The molecule has 3 rings (SSSR count). The van der Waals surface area contributed by atoms with Gasteiger partial charge in [-0.1, -0.05) is 0 Å². The molecule has 130 valence electrons. The summed E-state index contributed by atoms with van der Waals surface area (Å²) in [4.78, 5) is 27.4. The fourth-order valence-electron chi connectivity index (χ4n) is 2.35. The van der Waals surface area contributed by atoms with Crippen molar-refractivity contribution in [3.05, 3.63) is 36.5 Å². The minimum Gasteiger partial charge on any atom is -0.359 e. The summed E-state index contributed by atoms with van der Waals surface area (Å²) in [6.45, 7) is 4.17. The monoisotopic (exact) mass is 334 g/mol. The van der Waals surface area contributed by atoms with Crippen molar-refractivity contribution < 1.29 is 13.5 Å². The minimum atomic E-state index is -0.435. The van der Waals surface area contributed by atoms with Crippen molar-refractivity contribution in [2.24, 2.45) is 0 Å². The summed E-state index contributed by atoms with van der Waals surface area (Å²) in [5.74, 6) is 0.387. The van der Waals surface area contributed by atoms with Crippen LogP contribution in [-0.4, -0.2) is 38.4 Å². The zero-order chi connectivity index (χ0) is 17.1. The molecule has 0 aliphatic carbocycles. The molecule has 7 nitrogen and oxygen atoms in total. The molecule has 3 N–H and O–H groups in total. The molecule has 3 aromatic rings. The van der Waals surface area contributed by atoms with Crippen molar-refractivity contribution in [1.82, 2.24) is 25.3 Å². The molecule has 24 heavy (non-hydrogen) atoms. The normalized spacial score (nSPS) is 12.1. The van der Waals surface area contributed by atoms with Crippen molar-refractivity contribution in [1.29, 1.82) is 0 Å². The molecule has 0 saturated carbocycles. The lowest BCUT2D eigenvalue weighted by Crippen LogP contribution is -2.37. The number of carbonyl (C=O) groups is 1. The van der Waals surface area contributed by atoms with Crippen LogP contribution in [0.25, 0.3) is 22.4 Å². The van der Waals surface area contributed by atoms with Crippen molar-refractivity contribution in [3.63, 3.8) is 0 Å². The van der Waals surface area contributed by atoms with Crippen LogP contribution in [0.3, 0.4) is 0 Å². The van der Waals surface area contributed by atoms with Gasteiger partial charge in [0.25, 0.3) is 0 Å². The third kappa shape index (κ3) is 3.17. The number of anilines is 1. The summed E-state index contributed by atoms with van der Waals surface area (Å²) in [7, 11) is 0. The van der Waals surface area contributed by atoms with E-state index in [4.69, 9.17) is 0 Å². The highest BCUT2D eigenvalue weighted by atomic mass is 19.1. The second-order valence-corrected chi connectivity index (χ2v) is 5.28. The quantitative estimate of drug-likeness (QED) is 0.667. The largest absolute Gasteiger partial charge is 0.359 e. The van der Waals surface area contributed by atoms with Crippen LogP contribution in [0, 0.1) is 5.82 Å². The van der Waals surface area contributed by atoms with Gasteiger partial charge in [-0.2, -0.15) is 0 Å². The third-order valence-corrected chi connectivity index (χ3v) is 3.50. The highest BCUT2D eigenvalue weighted by molar-refractivity contribution is 5.91. The molecule has 0 unspecified atom stereocenters. The first kappa shape index (κ1) is 15.9. The van der Waals surface area contributed by atoms with Crippen LogP contribution < -0.4 is 10.6 Å². The first-order valence-corrected chi connectivity index (χ1v) is 7.58. The summed E-state index contributed by atoms with van der Waals surface area (Å²) in [6.07, 6.45) is 4.42. The molecular formula is C16H23FN6O. The molecule has 1 atom stereocenters. The van der Waals surface area contributed by atoms with E-state index in [-0.39, 0.29) is 10.2 Å². The van der Waals surface area contributed by atoms with E-state index in [0.717, 1.165) is 6.20 Å². The van der Waals surface area contributed by atoms with E-state index in [1.54, 1.807) is 25.4 Å². The van der Waals surface area contributed by atoms with Crippen molar-refractivity contribution >= 4 is 22.8 Å². The minimum absolute atomic E-state index is 0. The molecule has 0 aliphatic heterocycles. The summed E-state index contributed by atoms with van der Waals surface area (Å²) in [6, 6.07) is 2.62.